The van der Waals surface area contributed by atoms with Gasteiger partial charge < -0.3 is 14.9 Å². The normalized spacial score (nSPS) is 14.8. The molecule has 0 aromatic carbocycles. The lowest BCUT2D eigenvalue weighted by molar-refractivity contribution is -0.145. The Morgan fingerprint density at radius 3 is 2.33 bits per heavy atom. The molecule has 0 fully saturated rings. The fourth-order valence-electron chi connectivity index (χ4n) is 1.58. The van der Waals surface area contributed by atoms with E-state index < -0.39 is 12.2 Å². The van der Waals surface area contributed by atoms with Gasteiger partial charge in [-0.3, -0.25) is 4.79 Å². The molecule has 0 saturated heterocycles. The number of carbonyl (C=O) groups excluding carboxylic acids is 1. The summed E-state index contributed by atoms with van der Waals surface area (Å²) in [7, 11) is 1.50. The number of ether oxygens (including phenoxy) is 1. The van der Waals surface area contributed by atoms with Crippen molar-refractivity contribution in [2.24, 2.45) is 11.8 Å². The molecule has 0 rings (SSSR count). The first kappa shape index (κ1) is 14.1. The summed E-state index contributed by atoms with van der Waals surface area (Å²) >= 11 is 0. The maximum Gasteiger partial charge on any atom is 0.161 e. The minimum Gasteiger partial charge on any atom is -0.502 e. The largest absolute Gasteiger partial charge is 0.502 e. The van der Waals surface area contributed by atoms with Crippen LogP contribution in [0.1, 0.15) is 26.7 Å². The molecule has 0 bridgehead atoms. The summed E-state index contributed by atoms with van der Waals surface area (Å²) in [6, 6.07) is 0. The molecule has 15 heavy (non-hydrogen) atoms. The van der Waals surface area contributed by atoms with E-state index in [0.717, 1.165) is 0 Å². The van der Waals surface area contributed by atoms with Crippen LogP contribution in [0.2, 0.25) is 0 Å². The smallest absolute Gasteiger partial charge is 0.161 e. The van der Waals surface area contributed by atoms with E-state index in [4.69, 9.17) is 14.9 Å². The number of aliphatic hydroxyl groups is 2. The average molecular weight is 216 g/mol. The zero-order valence-corrected chi connectivity index (χ0v) is 9.56. The molecule has 2 N–H and O–H groups in total. The quantitative estimate of drug-likeness (QED) is 0.493. The van der Waals surface area contributed by atoms with Gasteiger partial charge >= 0.3 is 0 Å². The van der Waals surface area contributed by atoms with Crippen molar-refractivity contribution in [3.8, 4) is 0 Å². The lowest BCUT2D eigenvalue weighted by Crippen LogP contribution is -2.33. The molecular weight excluding hydrogens is 196 g/mol. The molecule has 0 heterocycles. The number of allylic oxidation sites excluding steroid dienone is 1. The van der Waals surface area contributed by atoms with Crippen LogP contribution in [0.4, 0.5) is 0 Å². The number of hydrogen-bond donors (Lipinski definition) is 2. The standard InChI is InChI=1S/C11H20O4/c1-5-9(12)10(11(13)14)7(2)6-8(3)15-4/h7,10-11,13-14H,3,5-6H2,1-2,4H3. The predicted octanol–water partition coefficient (Wildman–Crippen LogP) is 1.08. The highest BCUT2D eigenvalue weighted by atomic mass is 16.5. The zero-order valence-electron chi connectivity index (χ0n) is 9.56. The second-order valence-corrected chi connectivity index (χ2v) is 3.68. The van der Waals surface area contributed by atoms with Crippen molar-refractivity contribution in [1.29, 1.82) is 0 Å². The van der Waals surface area contributed by atoms with Gasteiger partial charge in [0.2, 0.25) is 0 Å². The summed E-state index contributed by atoms with van der Waals surface area (Å²) < 4.78 is 4.90. The van der Waals surface area contributed by atoms with Gasteiger partial charge in [0.1, 0.15) is 5.78 Å². The van der Waals surface area contributed by atoms with Gasteiger partial charge in [-0.25, -0.2) is 0 Å². The Balaban J connectivity index is 4.49. The van der Waals surface area contributed by atoms with E-state index in [1.54, 1.807) is 13.8 Å². The van der Waals surface area contributed by atoms with Gasteiger partial charge in [0.05, 0.1) is 18.8 Å². The van der Waals surface area contributed by atoms with Crippen LogP contribution in [0.3, 0.4) is 0 Å². The average Bonchev–Trinajstić information content (AvgIpc) is 2.16. The van der Waals surface area contributed by atoms with E-state index in [1.165, 1.54) is 7.11 Å². The molecule has 2 atom stereocenters. The molecule has 0 aromatic rings. The third-order valence-corrected chi connectivity index (χ3v) is 2.49. The highest BCUT2D eigenvalue weighted by molar-refractivity contribution is 5.81. The third-order valence-electron chi connectivity index (χ3n) is 2.49. The molecule has 0 amide bonds. The summed E-state index contributed by atoms with van der Waals surface area (Å²) in [6.45, 7) is 7.13. The topological polar surface area (TPSA) is 66.8 Å². The van der Waals surface area contributed by atoms with E-state index in [9.17, 15) is 4.79 Å². The van der Waals surface area contributed by atoms with Gasteiger partial charge in [-0.15, -0.1) is 0 Å². The summed E-state index contributed by atoms with van der Waals surface area (Å²) in [6.07, 6.45) is -0.867. The van der Waals surface area contributed by atoms with Gasteiger partial charge in [0, 0.05) is 12.8 Å². The Morgan fingerprint density at radius 2 is 2.00 bits per heavy atom. The highest BCUT2D eigenvalue weighted by Crippen LogP contribution is 2.23. The molecule has 4 heteroatoms. The monoisotopic (exact) mass is 216 g/mol. The van der Waals surface area contributed by atoms with Crippen molar-refractivity contribution in [3.63, 3.8) is 0 Å². The molecule has 0 radical (unpaired) electrons. The maximum absolute atomic E-state index is 11.5. The Bertz CT molecular complexity index is 223. The lowest BCUT2D eigenvalue weighted by atomic mass is 9.85. The number of methoxy groups -OCH3 is 1. The van der Waals surface area contributed by atoms with Crippen LogP contribution in [-0.4, -0.2) is 29.4 Å². The zero-order chi connectivity index (χ0) is 12.0. The van der Waals surface area contributed by atoms with Crippen LogP contribution in [0, 0.1) is 11.8 Å². The second kappa shape index (κ2) is 6.58. The van der Waals surface area contributed by atoms with Gasteiger partial charge in [0.15, 0.2) is 6.29 Å². The van der Waals surface area contributed by atoms with Gasteiger partial charge in [-0.1, -0.05) is 20.4 Å². The molecule has 0 aromatic heterocycles. The Morgan fingerprint density at radius 1 is 1.47 bits per heavy atom. The van der Waals surface area contributed by atoms with Gasteiger partial charge in [-0.2, -0.15) is 0 Å². The van der Waals surface area contributed by atoms with Crippen LogP contribution < -0.4 is 0 Å². The van der Waals surface area contributed by atoms with Crippen molar-refractivity contribution >= 4 is 5.78 Å². The van der Waals surface area contributed by atoms with E-state index in [0.29, 0.717) is 18.6 Å². The van der Waals surface area contributed by atoms with Crippen molar-refractivity contribution < 1.29 is 19.7 Å². The van der Waals surface area contributed by atoms with Crippen LogP contribution >= 0.6 is 0 Å². The first-order valence-electron chi connectivity index (χ1n) is 5.04. The predicted molar refractivity (Wildman–Crippen MR) is 56.9 cm³/mol. The Hall–Kier alpha value is -0.870. The SMILES string of the molecule is C=C(CC(C)C(C(=O)CC)C(O)O)OC. The Labute approximate surface area is 90.6 Å². The number of aliphatic hydroxyl groups excluding tert-OH is 1. The molecule has 0 spiro atoms. The first-order valence-corrected chi connectivity index (χ1v) is 5.04. The van der Waals surface area contributed by atoms with Crippen molar-refractivity contribution in [2.45, 2.75) is 33.0 Å². The first-order chi connectivity index (χ1) is 6.93. The molecule has 2 unspecified atom stereocenters. The Kier molecular flexibility index (Phi) is 6.20. The van der Waals surface area contributed by atoms with Crippen molar-refractivity contribution in [1.82, 2.24) is 0 Å². The maximum atomic E-state index is 11.5. The van der Waals surface area contributed by atoms with Gasteiger partial charge in [0.25, 0.3) is 0 Å². The highest BCUT2D eigenvalue weighted by Gasteiger charge is 2.30. The minimum absolute atomic E-state index is 0.151. The third kappa shape index (κ3) is 4.44. The number of Topliss-reactive ketones (excluding diaryl/α,β-unsaturated/α-hetero) is 1. The van der Waals surface area contributed by atoms with E-state index >= 15 is 0 Å². The number of rotatable bonds is 7. The molecule has 0 aliphatic rings. The molecule has 0 aliphatic heterocycles. The van der Waals surface area contributed by atoms with E-state index in [1.807, 2.05) is 0 Å². The lowest BCUT2D eigenvalue weighted by Gasteiger charge is -2.24. The summed E-state index contributed by atoms with van der Waals surface area (Å²) in [5.74, 6) is -0.565. The molecule has 88 valence electrons. The second-order valence-electron chi connectivity index (χ2n) is 3.68. The summed E-state index contributed by atoms with van der Waals surface area (Å²) in [5, 5.41) is 18.3. The van der Waals surface area contributed by atoms with Crippen molar-refractivity contribution in [2.75, 3.05) is 7.11 Å². The molecule has 0 saturated carbocycles. The van der Waals surface area contributed by atoms with Crippen LogP contribution in [0.15, 0.2) is 12.3 Å². The fourth-order valence-corrected chi connectivity index (χ4v) is 1.58. The van der Waals surface area contributed by atoms with Crippen LogP contribution in [0.5, 0.6) is 0 Å². The summed E-state index contributed by atoms with van der Waals surface area (Å²) in [5.41, 5.74) is 0. The van der Waals surface area contributed by atoms with E-state index in [-0.39, 0.29) is 11.7 Å². The van der Waals surface area contributed by atoms with Crippen LogP contribution in [0.25, 0.3) is 0 Å². The number of ketones is 1. The fraction of sp³-hybridized carbons (Fsp3) is 0.727. The summed E-state index contributed by atoms with van der Waals surface area (Å²) in [4.78, 5) is 11.5. The number of hydrogen-bond acceptors (Lipinski definition) is 4. The molecule has 0 aliphatic carbocycles. The van der Waals surface area contributed by atoms with E-state index in [2.05, 4.69) is 6.58 Å². The van der Waals surface area contributed by atoms with Crippen LogP contribution in [-0.2, 0) is 9.53 Å². The minimum atomic E-state index is -1.61. The van der Waals surface area contributed by atoms with Crippen molar-refractivity contribution in [3.05, 3.63) is 12.3 Å². The van der Waals surface area contributed by atoms with Gasteiger partial charge in [-0.05, 0) is 5.92 Å². The molecular formula is C11H20O4. The molecule has 4 nitrogen and oxygen atoms in total. The number of carbonyl (C=O) groups is 1.